The van der Waals surface area contributed by atoms with Crippen LogP contribution < -0.4 is 4.89 Å². The molecule has 0 heterocycles. The Kier molecular flexibility index (Phi) is 5.90. The van der Waals surface area contributed by atoms with Gasteiger partial charge in [0.25, 0.3) is 0 Å². The van der Waals surface area contributed by atoms with Gasteiger partial charge in [-0.05, 0) is 19.1 Å². The van der Waals surface area contributed by atoms with E-state index in [0.29, 0.717) is 5.75 Å². The molecule has 1 aromatic carbocycles. The van der Waals surface area contributed by atoms with E-state index in [2.05, 4.69) is 6.58 Å². The molecule has 1 rings (SSSR count). The molecule has 0 saturated carbocycles. The van der Waals surface area contributed by atoms with Crippen LogP contribution in [0.15, 0.2) is 42.5 Å². The fourth-order valence-electron chi connectivity index (χ4n) is 1.000. The van der Waals surface area contributed by atoms with Gasteiger partial charge in [0.2, 0.25) is 0 Å². The average molecular weight is 252 g/mol. The highest BCUT2D eigenvalue weighted by molar-refractivity contribution is 5.86. The lowest BCUT2D eigenvalue weighted by molar-refractivity contribution is -0.227. The van der Waals surface area contributed by atoms with Crippen molar-refractivity contribution in [1.82, 2.24) is 0 Å². The first-order chi connectivity index (χ1) is 8.59. The van der Waals surface area contributed by atoms with Gasteiger partial charge < -0.3 is 14.7 Å². The lowest BCUT2D eigenvalue weighted by Crippen LogP contribution is -2.24. The number of aliphatic hydroxyl groups excluding tert-OH is 1. The topological polar surface area (TPSA) is 65.0 Å². The van der Waals surface area contributed by atoms with E-state index in [1.165, 1.54) is 6.92 Å². The Balaban J connectivity index is 2.16. The normalized spacial score (nSPS) is 11.7. The van der Waals surface area contributed by atoms with Crippen molar-refractivity contribution in [3.05, 3.63) is 42.5 Å². The maximum absolute atomic E-state index is 11.0. The summed E-state index contributed by atoms with van der Waals surface area (Å²) in [6.45, 7) is 4.69. The monoisotopic (exact) mass is 252 g/mol. The maximum Gasteiger partial charge on any atom is 0.333 e. The zero-order valence-corrected chi connectivity index (χ0v) is 10.2. The van der Waals surface area contributed by atoms with Crippen molar-refractivity contribution in [2.75, 3.05) is 13.2 Å². The number of benzene rings is 1. The Morgan fingerprint density at radius 1 is 1.33 bits per heavy atom. The highest BCUT2D eigenvalue weighted by atomic mass is 17.2. The minimum absolute atomic E-state index is 0.0988. The molecule has 98 valence electrons. The zero-order valence-electron chi connectivity index (χ0n) is 10.2. The summed E-state index contributed by atoms with van der Waals surface area (Å²) in [6.07, 6.45) is -0.947. The van der Waals surface area contributed by atoms with Gasteiger partial charge in [0, 0.05) is 5.57 Å². The lowest BCUT2D eigenvalue weighted by atomic mass is 10.3. The lowest BCUT2D eigenvalue weighted by Gasteiger charge is -2.11. The molecule has 0 spiro atoms. The molecule has 1 unspecified atom stereocenters. The molecule has 0 amide bonds. The number of aliphatic hydroxyl groups is 1. The molecule has 1 atom stereocenters. The number of hydrogen-bond acceptors (Lipinski definition) is 5. The first-order valence-electron chi connectivity index (χ1n) is 5.45. The van der Waals surface area contributed by atoms with Gasteiger partial charge in [-0.2, -0.15) is 4.89 Å². The van der Waals surface area contributed by atoms with Crippen LogP contribution in [0.1, 0.15) is 6.92 Å². The molecule has 0 aliphatic carbocycles. The van der Waals surface area contributed by atoms with Crippen molar-refractivity contribution in [2.45, 2.75) is 13.0 Å². The van der Waals surface area contributed by atoms with E-state index < -0.39 is 12.1 Å². The molecule has 0 aliphatic rings. The Bertz CT molecular complexity index is 388. The average Bonchev–Trinajstić information content (AvgIpc) is 2.37. The van der Waals surface area contributed by atoms with Crippen LogP contribution in [0.25, 0.3) is 0 Å². The second-order valence-corrected chi connectivity index (χ2v) is 3.71. The van der Waals surface area contributed by atoms with E-state index in [0.717, 1.165) is 0 Å². The van der Waals surface area contributed by atoms with Crippen LogP contribution in [0.3, 0.4) is 0 Å². The van der Waals surface area contributed by atoms with E-state index in [-0.39, 0.29) is 18.8 Å². The van der Waals surface area contributed by atoms with Gasteiger partial charge in [0.1, 0.15) is 19.3 Å². The number of esters is 1. The van der Waals surface area contributed by atoms with Crippen LogP contribution >= 0.6 is 0 Å². The number of rotatable bonds is 7. The molecule has 0 aromatic heterocycles. The molecule has 5 nitrogen and oxygen atoms in total. The van der Waals surface area contributed by atoms with Gasteiger partial charge in [-0.3, -0.25) is 0 Å². The van der Waals surface area contributed by atoms with Crippen molar-refractivity contribution in [2.24, 2.45) is 0 Å². The van der Waals surface area contributed by atoms with E-state index in [4.69, 9.17) is 14.5 Å². The second kappa shape index (κ2) is 7.47. The van der Waals surface area contributed by atoms with Gasteiger partial charge in [0.05, 0.1) is 0 Å². The van der Waals surface area contributed by atoms with Crippen LogP contribution in [0.2, 0.25) is 0 Å². The first kappa shape index (κ1) is 14.2. The standard InChI is InChI=1S/C13H16O5/c1-10(2)13(15)16-8-11(14)9-17-18-12-6-4-3-5-7-12/h3-7,11,14H,1,8-9H2,2H3. The van der Waals surface area contributed by atoms with E-state index in [9.17, 15) is 9.90 Å². The molecule has 0 radical (unpaired) electrons. The molecule has 0 bridgehead atoms. The summed E-state index contributed by atoms with van der Waals surface area (Å²) in [4.78, 5) is 20.8. The largest absolute Gasteiger partial charge is 0.459 e. The molecule has 1 aromatic rings. The summed E-state index contributed by atoms with van der Waals surface area (Å²) in [5, 5.41) is 9.45. The van der Waals surface area contributed by atoms with Gasteiger partial charge in [-0.1, -0.05) is 24.8 Å². The maximum atomic E-state index is 11.0. The van der Waals surface area contributed by atoms with E-state index in [1.807, 2.05) is 6.07 Å². The first-order valence-corrected chi connectivity index (χ1v) is 5.45. The van der Waals surface area contributed by atoms with Crippen molar-refractivity contribution in [3.8, 4) is 5.75 Å². The fraction of sp³-hybridized carbons (Fsp3) is 0.308. The van der Waals surface area contributed by atoms with Gasteiger partial charge in [-0.25, -0.2) is 4.79 Å². The number of para-hydroxylation sites is 1. The minimum Gasteiger partial charge on any atom is -0.459 e. The summed E-state index contributed by atoms with van der Waals surface area (Å²) < 4.78 is 4.74. The SMILES string of the molecule is C=C(C)C(=O)OCC(O)COOc1ccccc1. The molecule has 0 aliphatic heterocycles. The van der Waals surface area contributed by atoms with Crippen LogP contribution in [0.4, 0.5) is 0 Å². The molecule has 5 heteroatoms. The van der Waals surface area contributed by atoms with Gasteiger partial charge >= 0.3 is 5.97 Å². The van der Waals surface area contributed by atoms with Gasteiger partial charge in [-0.15, -0.1) is 0 Å². The molecule has 18 heavy (non-hydrogen) atoms. The summed E-state index contributed by atoms with van der Waals surface area (Å²) >= 11 is 0. The van der Waals surface area contributed by atoms with Crippen LogP contribution in [-0.2, 0) is 14.4 Å². The third-order valence-electron chi connectivity index (χ3n) is 1.91. The molecular formula is C13H16O5. The van der Waals surface area contributed by atoms with Crippen LogP contribution in [0, 0.1) is 0 Å². The molecular weight excluding hydrogens is 236 g/mol. The smallest absolute Gasteiger partial charge is 0.333 e. The Morgan fingerprint density at radius 3 is 2.61 bits per heavy atom. The van der Waals surface area contributed by atoms with E-state index >= 15 is 0 Å². The molecule has 0 fully saturated rings. The van der Waals surface area contributed by atoms with Crippen molar-refractivity contribution >= 4 is 5.97 Å². The summed E-state index contributed by atoms with van der Waals surface area (Å²) in [6, 6.07) is 8.87. The Hall–Kier alpha value is -1.85. The summed E-state index contributed by atoms with van der Waals surface area (Å²) in [7, 11) is 0. The second-order valence-electron chi connectivity index (χ2n) is 3.71. The predicted molar refractivity (Wildman–Crippen MR) is 64.8 cm³/mol. The number of carbonyl (C=O) groups is 1. The number of hydrogen-bond donors (Lipinski definition) is 1. The van der Waals surface area contributed by atoms with Crippen LogP contribution in [-0.4, -0.2) is 30.4 Å². The number of carbonyl (C=O) groups excluding carboxylic acids is 1. The third-order valence-corrected chi connectivity index (χ3v) is 1.91. The quantitative estimate of drug-likeness (QED) is 0.344. The number of ether oxygens (including phenoxy) is 1. The Labute approximate surface area is 106 Å². The summed E-state index contributed by atoms with van der Waals surface area (Å²) in [5.74, 6) is -0.0124. The fourth-order valence-corrected chi connectivity index (χ4v) is 1.000. The third kappa shape index (κ3) is 5.47. The van der Waals surface area contributed by atoms with Crippen molar-refractivity contribution in [1.29, 1.82) is 0 Å². The van der Waals surface area contributed by atoms with Crippen molar-refractivity contribution < 1.29 is 24.4 Å². The Morgan fingerprint density at radius 2 is 2.00 bits per heavy atom. The summed E-state index contributed by atoms with van der Waals surface area (Å²) in [5.41, 5.74) is 0.281. The van der Waals surface area contributed by atoms with Crippen LogP contribution in [0.5, 0.6) is 5.75 Å². The van der Waals surface area contributed by atoms with Crippen molar-refractivity contribution in [3.63, 3.8) is 0 Å². The van der Waals surface area contributed by atoms with Gasteiger partial charge in [0.15, 0.2) is 5.75 Å². The molecule has 1 N–H and O–H groups in total. The zero-order chi connectivity index (χ0) is 13.4. The highest BCUT2D eigenvalue weighted by Gasteiger charge is 2.10. The predicted octanol–water partition coefficient (Wildman–Crippen LogP) is 1.48. The minimum atomic E-state index is -0.947. The molecule has 0 saturated heterocycles. The van der Waals surface area contributed by atoms with E-state index in [1.54, 1.807) is 24.3 Å². The highest BCUT2D eigenvalue weighted by Crippen LogP contribution is 2.08.